The van der Waals surface area contributed by atoms with E-state index in [1.54, 1.807) is 0 Å². The van der Waals surface area contributed by atoms with E-state index < -0.39 is 9.84 Å². The van der Waals surface area contributed by atoms with Crippen LogP contribution >= 0.6 is 0 Å². The fourth-order valence-corrected chi connectivity index (χ4v) is 2.55. The molecule has 10 heavy (non-hydrogen) atoms. The van der Waals surface area contributed by atoms with Gasteiger partial charge in [0.25, 0.3) is 0 Å². The number of terminal acetylenes is 1. The first-order valence-corrected chi connectivity index (χ1v) is 5.13. The molecular weight excluding hydrogens is 148 g/mol. The lowest BCUT2D eigenvalue weighted by Crippen LogP contribution is -2.22. The smallest absolute Gasteiger partial charge is 0.150 e. The van der Waals surface area contributed by atoms with Crippen molar-refractivity contribution in [3.8, 4) is 12.3 Å². The molecule has 0 radical (unpaired) electrons. The average Bonchev–Trinajstić information content (AvgIpc) is 1.88. The van der Waals surface area contributed by atoms with Gasteiger partial charge >= 0.3 is 0 Å². The molecule has 2 nitrogen and oxygen atoms in total. The number of hydrogen-bond acceptors (Lipinski definition) is 2. The monoisotopic (exact) mass is 158 g/mol. The Morgan fingerprint density at radius 2 is 1.80 bits per heavy atom. The third kappa shape index (κ3) is 1.74. The average molecular weight is 158 g/mol. The quantitative estimate of drug-likeness (QED) is 0.479. The molecule has 0 aromatic heterocycles. The van der Waals surface area contributed by atoms with Crippen LogP contribution in [-0.4, -0.2) is 19.9 Å². The van der Waals surface area contributed by atoms with E-state index >= 15 is 0 Å². The summed E-state index contributed by atoms with van der Waals surface area (Å²) in [7, 11) is -2.72. The van der Waals surface area contributed by atoms with Crippen molar-refractivity contribution in [2.75, 3.05) is 11.5 Å². The van der Waals surface area contributed by atoms with Gasteiger partial charge in [0.15, 0.2) is 0 Å². The molecule has 0 atom stereocenters. The largest absolute Gasteiger partial charge is 0.229 e. The summed E-state index contributed by atoms with van der Waals surface area (Å²) >= 11 is 0. The van der Waals surface area contributed by atoms with Crippen LogP contribution in [0.15, 0.2) is 0 Å². The Bertz CT molecular complexity index is 231. The van der Waals surface area contributed by atoms with Crippen LogP contribution in [0.3, 0.4) is 0 Å². The predicted octanol–water partition coefficient (Wildman–Crippen LogP) is 0.444. The molecule has 1 fully saturated rings. The van der Waals surface area contributed by atoms with E-state index in [0.29, 0.717) is 12.8 Å². The maximum atomic E-state index is 10.8. The fourth-order valence-electron chi connectivity index (χ4n) is 1.06. The highest BCUT2D eigenvalue weighted by atomic mass is 32.2. The minimum absolute atomic E-state index is 0.198. The van der Waals surface area contributed by atoms with Gasteiger partial charge in [0.1, 0.15) is 9.84 Å². The van der Waals surface area contributed by atoms with Gasteiger partial charge in [0.05, 0.1) is 11.5 Å². The van der Waals surface area contributed by atoms with Crippen LogP contribution in [0.4, 0.5) is 0 Å². The van der Waals surface area contributed by atoms with Gasteiger partial charge in [0, 0.05) is 5.92 Å². The van der Waals surface area contributed by atoms with Gasteiger partial charge < -0.3 is 0 Å². The van der Waals surface area contributed by atoms with Crippen LogP contribution in [0.2, 0.25) is 0 Å². The molecule has 0 aromatic carbocycles. The molecule has 56 valence electrons. The van der Waals surface area contributed by atoms with Crippen molar-refractivity contribution in [3.63, 3.8) is 0 Å². The summed E-state index contributed by atoms with van der Waals surface area (Å²) in [6, 6.07) is 0. The first-order chi connectivity index (χ1) is 4.64. The van der Waals surface area contributed by atoms with Gasteiger partial charge in [-0.25, -0.2) is 8.42 Å². The molecule has 1 aliphatic heterocycles. The summed E-state index contributed by atoms with van der Waals surface area (Å²) in [4.78, 5) is 0. The second-order valence-electron chi connectivity index (χ2n) is 2.59. The lowest BCUT2D eigenvalue weighted by Gasteiger charge is -2.16. The predicted molar refractivity (Wildman–Crippen MR) is 40.2 cm³/mol. The van der Waals surface area contributed by atoms with Crippen LogP contribution < -0.4 is 0 Å². The third-order valence-electron chi connectivity index (χ3n) is 1.79. The van der Waals surface area contributed by atoms with Gasteiger partial charge in [-0.2, -0.15) is 0 Å². The second kappa shape index (κ2) is 2.63. The first-order valence-electron chi connectivity index (χ1n) is 3.30. The van der Waals surface area contributed by atoms with Gasteiger partial charge in [-0.05, 0) is 12.8 Å². The number of rotatable bonds is 0. The van der Waals surface area contributed by atoms with E-state index in [9.17, 15) is 8.42 Å². The molecule has 1 heterocycles. The molecule has 1 rings (SSSR count). The number of hydrogen-bond donors (Lipinski definition) is 0. The normalized spacial score (nSPS) is 25.5. The lowest BCUT2D eigenvalue weighted by atomic mass is 10.1. The zero-order chi connectivity index (χ0) is 7.61. The Morgan fingerprint density at radius 1 is 1.30 bits per heavy atom. The van der Waals surface area contributed by atoms with E-state index in [1.165, 1.54) is 0 Å². The number of sulfone groups is 1. The van der Waals surface area contributed by atoms with E-state index in [-0.39, 0.29) is 17.4 Å². The second-order valence-corrected chi connectivity index (χ2v) is 4.90. The Morgan fingerprint density at radius 3 is 2.20 bits per heavy atom. The van der Waals surface area contributed by atoms with Gasteiger partial charge in [0.2, 0.25) is 0 Å². The van der Waals surface area contributed by atoms with Crippen molar-refractivity contribution in [3.05, 3.63) is 0 Å². The maximum absolute atomic E-state index is 10.8. The van der Waals surface area contributed by atoms with E-state index in [4.69, 9.17) is 6.42 Å². The van der Waals surface area contributed by atoms with Crippen LogP contribution in [-0.2, 0) is 9.84 Å². The molecule has 0 aromatic rings. The van der Waals surface area contributed by atoms with Crippen molar-refractivity contribution in [1.29, 1.82) is 0 Å². The van der Waals surface area contributed by atoms with Crippen molar-refractivity contribution in [1.82, 2.24) is 0 Å². The molecule has 1 saturated heterocycles. The Balaban J connectivity index is 2.56. The minimum atomic E-state index is -2.72. The topological polar surface area (TPSA) is 34.1 Å². The van der Waals surface area contributed by atoms with E-state index in [1.807, 2.05) is 0 Å². The molecule has 0 aliphatic carbocycles. The lowest BCUT2D eigenvalue weighted by molar-refractivity contribution is 0.543. The zero-order valence-corrected chi connectivity index (χ0v) is 6.52. The Labute approximate surface area is 61.5 Å². The fraction of sp³-hybridized carbons (Fsp3) is 0.714. The highest BCUT2D eigenvalue weighted by Gasteiger charge is 2.21. The van der Waals surface area contributed by atoms with Gasteiger partial charge in [-0.15, -0.1) is 12.3 Å². The van der Waals surface area contributed by atoms with Crippen LogP contribution in [0, 0.1) is 18.3 Å². The molecular formula is C7H10O2S. The van der Waals surface area contributed by atoms with Crippen LogP contribution in [0.5, 0.6) is 0 Å². The summed E-state index contributed by atoms with van der Waals surface area (Å²) in [5, 5.41) is 0. The molecule has 0 saturated carbocycles. The van der Waals surface area contributed by atoms with Crippen molar-refractivity contribution >= 4 is 9.84 Å². The summed E-state index contributed by atoms with van der Waals surface area (Å²) in [6.45, 7) is 0. The molecule has 0 amide bonds. The zero-order valence-electron chi connectivity index (χ0n) is 5.71. The van der Waals surface area contributed by atoms with Gasteiger partial charge in [-0.1, -0.05) is 0 Å². The molecule has 0 unspecified atom stereocenters. The summed E-state index contributed by atoms with van der Waals surface area (Å²) in [5.41, 5.74) is 0. The molecule has 0 bridgehead atoms. The van der Waals surface area contributed by atoms with Crippen LogP contribution in [0.1, 0.15) is 12.8 Å². The van der Waals surface area contributed by atoms with Crippen molar-refractivity contribution in [2.24, 2.45) is 5.92 Å². The van der Waals surface area contributed by atoms with Gasteiger partial charge in [-0.3, -0.25) is 0 Å². The molecule has 1 aliphatic rings. The minimum Gasteiger partial charge on any atom is -0.229 e. The molecule has 0 spiro atoms. The Hall–Kier alpha value is -0.490. The SMILES string of the molecule is C#CC1CCS(=O)(=O)CC1. The van der Waals surface area contributed by atoms with Crippen molar-refractivity contribution in [2.45, 2.75) is 12.8 Å². The third-order valence-corrected chi connectivity index (χ3v) is 3.51. The van der Waals surface area contributed by atoms with E-state index in [0.717, 1.165) is 0 Å². The molecule has 3 heteroatoms. The summed E-state index contributed by atoms with van der Waals surface area (Å²) < 4.78 is 21.7. The summed E-state index contributed by atoms with van der Waals surface area (Å²) in [6.07, 6.45) is 6.45. The highest BCUT2D eigenvalue weighted by Crippen LogP contribution is 2.17. The highest BCUT2D eigenvalue weighted by molar-refractivity contribution is 7.91. The molecule has 0 N–H and O–H groups in total. The first kappa shape index (κ1) is 7.62. The maximum Gasteiger partial charge on any atom is 0.150 e. The van der Waals surface area contributed by atoms with Crippen molar-refractivity contribution < 1.29 is 8.42 Å². The standard InChI is InChI=1S/C7H10O2S/c1-2-7-3-5-10(8,9)6-4-7/h1,7H,3-6H2. The van der Waals surface area contributed by atoms with Crippen LogP contribution in [0.25, 0.3) is 0 Å². The van der Waals surface area contributed by atoms with E-state index in [2.05, 4.69) is 5.92 Å². The summed E-state index contributed by atoms with van der Waals surface area (Å²) in [5.74, 6) is 3.33. The Kier molecular flexibility index (Phi) is 2.00.